The highest BCUT2D eigenvalue weighted by Crippen LogP contribution is 2.15. The lowest BCUT2D eigenvalue weighted by Crippen LogP contribution is -2.37. The van der Waals surface area contributed by atoms with Gasteiger partial charge in [-0.3, -0.25) is 9.59 Å². The Morgan fingerprint density at radius 3 is 1.79 bits per heavy atom. The van der Waals surface area contributed by atoms with Crippen LogP contribution in [0, 0.1) is 11.8 Å². The molecule has 1 amide bonds. The zero-order chi connectivity index (χ0) is 17.4. The first-order valence-electron chi connectivity index (χ1n) is 8.14. The van der Waals surface area contributed by atoms with Gasteiger partial charge in [0.05, 0.1) is 5.92 Å². The monoisotopic (exact) mass is 325 g/mol. The van der Waals surface area contributed by atoms with Crippen LogP contribution < -0.4 is 5.32 Å². The number of rotatable bonds is 8. The van der Waals surface area contributed by atoms with Crippen molar-refractivity contribution in [2.45, 2.75) is 19.8 Å². The predicted octanol–water partition coefficient (Wildman–Crippen LogP) is 2.92. The second-order valence-corrected chi connectivity index (χ2v) is 6.06. The van der Waals surface area contributed by atoms with Gasteiger partial charge in [-0.25, -0.2) is 0 Å². The molecule has 0 aliphatic rings. The molecule has 4 heteroatoms. The van der Waals surface area contributed by atoms with Crippen molar-refractivity contribution in [1.29, 1.82) is 0 Å². The molecule has 0 heterocycles. The SMILES string of the molecule is CC(CNC(=O)C(Cc1ccccc1)Cc1ccccc1)C(=O)O. The van der Waals surface area contributed by atoms with E-state index in [4.69, 9.17) is 5.11 Å². The quantitative estimate of drug-likeness (QED) is 0.784. The summed E-state index contributed by atoms with van der Waals surface area (Å²) in [5, 5.41) is 11.7. The Kier molecular flexibility index (Phi) is 6.55. The third-order valence-electron chi connectivity index (χ3n) is 4.02. The zero-order valence-corrected chi connectivity index (χ0v) is 13.8. The minimum atomic E-state index is -0.905. The molecule has 0 bridgehead atoms. The van der Waals surface area contributed by atoms with Crippen molar-refractivity contribution in [2.75, 3.05) is 6.54 Å². The van der Waals surface area contributed by atoms with Crippen LogP contribution in [0.1, 0.15) is 18.1 Å². The first kappa shape index (κ1) is 17.7. The Balaban J connectivity index is 2.06. The Hall–Kier alpha value is -2.62. The van der Waals surface area contributed by atoms with Crippen molar-refractivity contribution in [1.82, 2.24) is 5.32 Å². The van der Waals surface area contributed by atoms with Gasteiger partial charge < -0.3 is 10.4 Å². The molecule has 1 unspecified atom stereocenters. The van der Waals surface area contributed by atoms with E-state index in [0.29, 0.717) is 12.8 Å². The number of carboxylic acids is 1. The standard InChI is InChI=1S/C20H23NO3/c1-15(20(23)24)14-21-19(22)18(12-16-8-4-2-5-9-16)13-17-10-6-3-7-11-17/h2-11,15,18H,12-14H2,1H3,(H,21,22)(H,23,24). The summed E-state index contributed by atoms with van der Waals surface area (Å²) in [6.45, 7) is 1.74. The van der Waals surface area contributed by atoms with Gasteiger partial charge in [0.25, 0.3) is 0 Å². The van der Waals surface area contributed by atoms with Crippen molar-refractivity contribution in [3.63, 3.8) is 0 Å². The molecule has 0 radical (unpaired) electrons. The number of carbonyl (C=O) groups is 2. The molecule has 0 aliphatic heterocycles. The van der Waals surface area contributed by atoms with Crippen LogP contribution >= 0.6 is 0 Å². The number of hydrogen-bond acceptors (Lipinski definition) is 2. The van der Waals surface area contributed by atoms with Gasteiger partial charge in [-0.15, -0.1) is 0 Å². The summed E-state index contributed by atoms with van der Waals surface area (Å²) in [5.41, 5.74) is 2.19. The van der Waals surface area contributed by atoms with Crippen molar-refractivity contribution >= 4 is 11.9 Å². The molecule has 0 saturated carbocycles. The fourth-order valence-electron chi connectivity index (χ4n) is 2.54. The maximum absolute atomic E-state index is 12.6. The van der Waals surface area contributed by atoms with Gasteiger partial charge in [0, 0.05) is 12.5 Å². The van der Waals surface area contributed by atoms with Gasteiger partial charge in [-0.1, -0.05) is 67.6 Å². The van der Waals surface area contributed by atoms with E-state index in [1.165, 1.54) is 0 Å². The highest BCUT2D eigenvalue weighted by molar-refractivity contribution is 5.80. The van der Waals surface area contributed by atoms with Crippen LogP contribution in [-0.2, 0) is 22.4 Å². The summed E-state index contributed by atoms with van der Waals surface area (Å²) in [5.74, 6) is -1.83. The summed E-state index contributed by atoms with van der Waals surface area (Å²) in [4.78, 5) is 23.5. The lowest BCUT2D eigenvalue weighted by Gasteiger charge is -2.18. The molecule has 0 aromatic heterocycles. The van der Waals surface area contributed by atoms with E-state index < -0.39 is 11.9 Å². The average molecular weight is 325 g/mol. The number of benzene rings is 2. The summed E-state index contributed by atoms with van der Waals surface area (Å²) in [6, 6.07) is 19.7. The van der Waals surface area contributed by atoms with E-state index >= 15 is 0 Å². The van der Waals surface area contributed by atoms with Crippen molar-refractivity contribution in [3.05, 3.63) is 71.8 Å². The number of carbonyl (C=O) groups excluding carboxylic acids is 1. The number of carboxylic acid groups (broad SMARTS) is 1. The zero-order valence-electron chi connectivity index (χ0n) is 13.8. The van der Waals surface area contributed by atoms with Crippen LogP contribution in [0.25, 0.3) is 0 Å². The Morgan fingerprint density at radius 2 is 1.38 bits per heavy atom. The van der Waals surface area contributed by atoms with Gasteiger partial charge >= 0.3 is 5.97 Å². The summed E-state index contributed by atoms with van der Waals surface area (Å²) >= 11 is 0. The van der Waals surface area contributed by atoms with Crippen LogP contribution in [0.2, 0.25) is 0 Å². The van der Waals surface area contributed by atoms with Gasteiger partial charge in [0.2, 0.25) is 5.91 Å². The molecule has 1 atom stereocenters. The van der Waals surface area contributed by atoms with Crippen LogP contribution in [-0.4, -0.2) is 23.5 Å². The summed E-state index contributed by atoms with van der Waals surface area (Å²) in [7, 11) is 0. The molecule has 24 heavy (non-hydrogen) atoms. The van der Waals surface area contributed by atoms with Crippen LogP contribution in [0.15, 0.2) is 60.7 Å². The van der Waals surface area contributed by atoms with E-state index in [9.17, 15) is 9.59 Å². The molecule has 0 aliphatic carbocycles. The molecule has 2 N–H and O–H groups in total. The molecule has 126 valence electrons. The molecule has 2 aromatic carbocycles. The smallest absolute Gasteiger partial charge is 0.308 e. The van der Waals surface area contributed by atoms with E-state index in [-0.39, 0.29) is 18.4 Å². The lowest BCUT2D eigenvalue weighted by molar-refractivity contribution is -0.141. The van der Waals surface area contributed by atoms with E-state index in [1.807, 2.05) is 60.7 Å². The maximum atomic E-state index is 12.6. The van der Waals surface area contributed by atoms with Crippen LogP contribution in [0.3, 0.4) is 0 Å². The van der Waals surface area contributed by atoms with Crippen LogP contribution in [0.5, 0.6) is 0 Å². The molecule has 0 spiro atoms. The second-order valence-electron chi connectivity index (χ2n) is 6.06. The minimum absolute atomic E-state index is 0.101. The molecule has 2 aromatic rings. The Labute approximate surface area is 142 Å². The minimum Gasteiger partial charge on any atom is -0.481 e. The summed E-state index contributed by atoms with van der Waals surface area (Å²) < 4.78 is 0. The van der Waals surface area contributed by atoms with Gasteiger partial charge in [0.1, 0.15) is 0 Å². The molecular weight excluding hydrogens is 302 g/mol. The van der Waals surface area contributed by atoms with Gasteiger partial charge in [0.15, 0.2) is 0 Å². The maximum Gasteiger partial charge on any atom is 0.308 e. The third kappa shape index (κ3) is 5.54. The average Bonchev–Trinajstić information content (AvgIpc) is 2.60. The normalized spacial score (nSPS) is 11.9. The van der Waals surface area contributed by atoms with Crippen molar-refractivity contribution < 1.29 is 14.7 Å². The number of nitrogens with one attached hydrogen (secondary N) is 1. The molecule has 4 nitrogen and oxygen atoms in total. The molecule has 0 saturated heterocycles. The third-order valence-corrected chi connectivity index (χ3v) is 4.02. The first-order chi connectivity index (χ1) is 11.6. The molecule has 2 rings (SSSR count). The Bertz CT molecular complexity index is 614. The number of amides is 1. The van der Waals surface area contributed by atoms with E-state index in [1.54, 1.807) is 6.92 Å². The lowest BCUT2D eigenvalue weighted by atomic mass is 9.91. The van der Waals surface area contributed by atoms with Crippen LogP contribution in [0.4, 0.5) is 0 Å². The highest BCUT2D eigenvalue weighted by atomic mass is 16.4. The van der Waals surface area contributed by atoms with Gasteiger partial charge in [-0.2, -0.15) is 0 Å². The number of aliphatic carboxylic acids is 1. The predicted molar refractivity (Wildman–Crippen MR) is 93.6 cm³/mol. The topological polar surface area (TPSA) is 66.4 Å². The molecule has 0 fully saturated rings. The van der Waals surface area contributed by atoms with Crippen molar-refractivity contribution in [2.24, 2.45) is 11.8 Å². The summed E-state index contributed by atoms with van der Waals surface area (Å²) in [6.07, 6.45) is 1.26. The first-order valence-corrected chi connectivity index (χ1v) is 8.14. The highest BCUT2D eigenvalue weighted by Gasteiger charge is 2.21. The van der Waals surface area contributed by atoms with E-state index in [2.05, 4.69) is 5.32 Å². The van der Waals surface area contributed by atoms with Crippen molar-refractivity contribution in [3.8, 4) is 0 Å². The van der Waals surface area contributed by atoms with Gasteiger partial charge in [-0.05, 0) is 24.0 Å². The van der Waals surface area contributed by atoms with E-state index in [0.717, 1.165) is 11.1 Å². The largest absolute Gasteiger partial charge is 0.481 e. The fourth-order valence-corrected chi connectivity index (χ4v) is 2.54. The number of hydrogen-bond donors (Lipinski definition) is 2. The Morgan fingerprint density at radius 1 is 0.917 bits per heavy atom. The second kappa shape index (κ2) is 8.87. The molecular formula is C20H23NO3. The fraction of sp³-hybridized carbons (Fsp3) is 0.300.